The summed E-state index contributed by atoms with van der Waals surface area (Å²) in [4.78, 5) is 23.6. The highest BCUT2D eigenvalue weighted by Crippen LogP contribution is 2.14. The zero-order valence-corrected chi connectivity index (χ0v) is 12.2. The smallest absolute Gasteiger partial charge is 0.220 e. The summed E-state index contributed by atoms with van der Waals surface area (Å²) < 4.78 is 0. The van der Waals surface area contributed by atoms with Crippen LogP contribution in [0.25, 0.3) is 0 Å². The molecule has 3 heteroatoms. The van der Waals surface area contributed by atoms with E-state index in [1.165, 1.54) is 0 Å². The Morgan fingerprint density at radius 1 is 1.16 bits per heavy atom. The molecule has 0 aliphatic carbocycles. The second-order valence-electron chi connectivity index (χ2n) is 5.32. The second-order valence-corrected chi connectivity index (χ2v) is 5.32. The van der Waals surface area contributed by atoms with Crippen molar-refractivity contribution in [2.24, 2.45) is 0 Å². The van der Waals surface area contributed by atoms with Gasteiger partial charge in [0.1, 0.15) is 0 Å². The first kappa shape index (κ1) is 15.4. The summed E-state index contributed by atoms with van der Waals surface area (Å²) in [5.41, 5.74) is 2.87. The molecule has 1 rings (SSSR count). The molecule has 0 saturated carbocycles. The average Bonchev–Trinajstić information content (AvgIpc) is 2.31. The van der Waals surface area contributed by atoms with Gasteiger partial charge in [-0.05, 0) is 45.7 Å². The van der Waals surface area contributed by atoms with Crippen molar-refractivity contribution < 1.29 is 9.59 Å². The molecule has 0 spiro atoms. The number of ketones is 1. The Labute approximate surface area is 115 Å². The van der Waals surface area contributed by atoms with Crippen molar-refractivity contribution >= 4 is 11.7 Å². The molecule has 0 atom stereocenters. The number of nitrogens with one attached hydrogen (secondary N) is 1. The molecule has 3 nitrogen and oxygen atoms in total. The molecular formula is C16H23NO2. The highest BCUT2D eigenvalue weighted by molar-refractivity contribution is 5.97. The highest BCUT2D eigenvalue weighted by atomic mass is 16.1. The third-order valence-electron chi connectivity index (χ3n) is 2.95. The molecule has 0 aromatic heterocycles. The normalized spacial score (nSPS) is 10.6. The molecule has 0 fully saturated rings. The maximum atomic E-state index is 12.1. The Morgan fingerprint density at radius 3 is 2.47 bits per heavy atom. The van der Waals surface area contributed by atoms with Crippen molar-refractivity contribution in [2.45, 2.75) is 53.0 Å². The fourth-order valence-electron chi connectivity index (χ4n) is 1.97. The quantitative estimate of drug-likeness (QED) is 0.799. The SMILES string of the molecule is Cc1ccc(C)c(C(=O)CCCC(=O)NC(C)C)c1. The van der Waals surface area contributed by atoms with E-state index >= 15 is 0 Å². The number of aryl methyl sites for hydroxylation is 2. The highest BCUT2D eigenvalue weighted by Gasteiger charge is 2.10. The molecule has 0 saturated heterocycles. The number of hydrogen-bond acceptors (Lipinski definition) is 2. The topological polar surface area (TPSA) is 46.2 Å². The third kappa shape index (κ3) is 5.25. The van der Waals surface area contributed by atoms with Gasteiger partial charge in [-0.25, -0.2) is 0 Å². The van der Waals surface area contributed by atoms with Gasteiger partial charge in [0.2, 0.25) is 5.91 Å². The lowest BCUT2D eigenvalue weighted by molar-refractivity contribution is -0.121. The van der Waals surface area contributed by atoms with Crippen LogP contribution in [0.4, 0.5) is 0 Å². The van der Waals surface area contributed by atoms with E-state index in [4.69, 9.17) is 0 Å². The Hall–Kier alpha value is -1.64. The zero-order chi connectivity index (χ0) is 14.4. The molecule has 104 valence electrons. The van der Waals surface area contributed by atoms with Crippen molar-refractivity contribution in [3.8, 4) is 0 Å². The molecule has 1 amide bonds. The van der Waals surface area contributed by atoms with Gasteiger partial charge in [-0.15, -0.1) is 0 Å². The van der Waals surface area contributed by atoms with Gasteiger partial charge in [-0.3, -0.25) is 9.59 Å². The summed E-state index contributed by atoms with van der Waals surface area (Å²) in [6.07, 6.45) is 1.44. The van der Waals surface area contributed by atoms with Crippen LogP contribution >= 0.6 is 0 Å². The maximum absolute atomic E-state index is 12.1. The largest absolute Gasteiger partial charge is 0.354 e. The molecule has 1 aromatic rings. The Balaban J connectivity index is 2.48. The number of amides is 1. The van der Waals surface area contributed by atoms with Gasteiger partial charge >= 0.3 is 0 Å². The molecule has 1 aromatic carbocycles. The van der Waals surface area contributed by atoms with Crippen LogP contribution in [0.2, 0.25) is 0 Å². The summed E-state index contributed by atoms with van der Waals surface area (Å²) in [5.74, 6) is 0.141. The Bertz CT molecular complexity index is 464. The van der Waals surface area contributed by atoms with E-state index in [0.717, 1.165) is 16.7 Å². The van der Waals surface area contributed by atoms with Crippen molar-refractivity contribution in [3.63, 3.8) is 0 Å². The summed E-state index contributed by atoms with van der Waals surface area (Å²) in [5, 5.41) is 2.83. The molecule has 0 aliphatic rings. The van der Waals surface area contributed by atoms with Crippen LogP contribution in [-0.4, -0.2) is 17.7 Å². The minimum Gasteiger partial charge on any atom is -0.354 e. The summed E-state index contributed by atoms with van der Waals surface area (Å²) >= 11 is 0. The minimum absolute atomic E-state index is 0.0174. The average molecular weight is 261 g/mol. The molecule has 0 bridgehead atoms. The Morgan fingerprint density at radius 2 is 1.84 bits per heavy atom. The van der Waals surface area contributed by atoms with Gasteiger partial charge in [0.15, 0.2) is 5.78 Å². The molecular weight excluding hydrogens is 238 g/mol. The van der Waals surface area contributed by atoms with Crippen molar-refractivity contribution in [3.05, 3.63) is 34.9 Å². The van der Waals surface area contributed by atoms with E-state index in [-0.39, 0.29) is 17.7 Å². The number of hydrogen-bond donors (Lipinski definition) is 1. The van der Waals surface area contributed by atoms with Crippen LogP contribution in [0.5, 0.6) is 0 Å². The van der Waals surface area contributed by atoms with Gasteiger partial charge in [0.05, 0.1) is 0 Å². The van der Waals surface area contributed by atoms with Crippen LogP contribution < -0.4 is 5.32 Å². The Kier molecular flexibility index (Phi) is 5.74. The molecule has 0 unspecified atom stereocenters. The van der Waals surface area contributed by atoms with Crippen LogP contribution in [0, 0.1) is 13.8 Å². The van der Waals surface area contributed by atoms with E-state index in [1.54, 1.807) is 0 Å². The molecule has 0 radical (unpaired) electrons. The van der Waals surface area contributed by atoms with Crippen LogP contribution in [0.1, 0.15) is 54.6 Å². The van der Waals surface area contributed by atoms with Crippen LogP contribution in [-0.2, 0) is 4.79 Å². The molecule has 19 heavy (non-hydrogen) atoms. The fourth-order valence-corrected chi connectivity index (χ4v) is 1.97. The van der Waals surface area contributed by atoms with Gasteiger partial charge in [-0.2, -0.15) is 0 Å². The second kappa shape index (κ2) is 7.07. The van der Waals surface area contributed by atoms with Crippen LogP contribution in [0.3, 0.4) is 0 Å². The minimum atomic E-state index is 0.0174. The zero-order valence-electron chi connectivity index (χ0n) is 12.2. The van der Waals surface area contributed by atoms with E-state index < -0.39 is 0 Å². The monoisotopic (exact) mass is 261 g/mol. The van der Waals surface area contributed by atoms with Gasteiger partial charge in [0.25, 0.3) is 0 Å². The van der Waals surface area contributed by atoms with E-state index in [1.807, 2.05) is 45.9 Å². The standard InChI is InChI=1S/C16H23NO2/c1-11(2)17-16(19)7-5-6-15(18)14-10-12(3)8-9-13(14)4/h8-11H,5-7H2,1-4H3,(H,17,19). The number of Topliss-reactive ketones (excluding diaryl/α,β-unsaturated/α-hetero) is 1. The van der Waals surface area contributed by atoms with Gasteiger partial charge in [0, 0.05) is 24.4 Å². The van der Waals surface area contributed by atoms with Gasteiger partial charge < -0.3 is 5.32 Å². The number of rotatable bonds is 6. The predicted octanol–water partition coefficient (Wildman–Crippen LogP) is 3.18. The van der Waals surface area contributed by atoms with Gasteiger partial charge in [-0.1, -0.05) is 17.7 Å². The lowest BCUT2D eigenvalue weighted by Crippen LogP contribution is -2.29. The fraction of sp³-hybridized carbons (Fsp3) is 0.500. The van der Waals surface area contributed by atoms with Crippen molar-refractivity contribution in [1.29, 1.82) is 0 Å². The van der Waals surface area contributed by atoms with Crippen LogP contribution in [0.15, 0.2) is 18.2 Å². The lowest BCUT2D eigenvalue weighted by Gasteiger charge is -2.08. The van der Waals surface area contributed by atoms with E-state index in [0.29, 0.717) is 19.3 Å². The number of benzene rings is 1. The molecule has 0 aliphatic heterocycles. The first-order chi connectivity index (χ1) is 8.90. The number of carbonyl (C=O) groups is 2. The van der Waals surface area contributed by atoms with E-state index in [9.17, 15) is 9.59 Å². The van der Waals surface area contributed by atoms with Crippen molar-refractivity contribution in [2.75, 3.05) is 0 Å². The number of carbonyl (C=O) groups excluding carboxylic acids is 2. The maximum Gasteiger partial charge on any atom is 0.220 e. The molecule has 1 N–H and O–H groups in total. The predicted molar refractivity (Wildman–Crippen MR) is 77.4 cm³/mol. The first-order valence-electron chi connectivity index (χ1n) is 6.80. The lowest BCUT2D eigenvalue weighted by atomic mass is 9.99. The first-order valence-corrected chi connectivity index (χ1v) is 6.80. The van der Waals surface area contributed by atoms with E-state index in [2.05, 4.69) is 5.32 Å². The summed E-state index contributed by atoms with van der Waals surface area (Å²) in [7, 11) is 0. The van der Waals surface area contributed by atoms with Crippen molar-refractivity contribution in [1.82, 2.24) is 5.32 Å². The summed E-state index contributed by atoms with van der Waals surface area (Å²) in [6.45, 7) is 7.78. The molecule has 0 heterocycles. The summed E-state index contributed by atoms with van der Waals surface area (Å²) in [6, 6.07) is 6.05. The third-order valence-corrected chi connectivity index (χ3v) is 2.95.